The molecule has 3 rings (SSSR count). The van der Waals surface area contributed by atoms with Gasteiger partial charge in [0.2, 0.25) is 0 Å². The van der Waals surface area contributed by atoms with Gasteiger partial charge < -0.3 is 13.7 Å². The molecule has 0 radical (unpaired) electrons. The summed E-state index contributed by atoms with van der Waals surface area (Å²) in [6.45, 7) is 7.50. The Morgan fingerprint density at radius 2 is 1.90 bits per heavy atom. The number of hydrogen-bond donors (Lipinski definition) is 0. The van der Waals surface area contributed by atoms with Crippen LogP contribution in [0.1, 0.15) is 33.4 Å². The molecule has 0 unspecified atom stereocenters. The summed E-state index contributed by atoms with van der Waals surface area (Å²) in [6.07, 6.45) is 3.53. The first-order chi connectivity index (χ1) is 9.32. The first-order valence-corrected chi connectivity index (χ1v) is 6.71. The van der Waals surface area contributed by atoms with E-state index in [-0.39, 0.29) is 11.2 Å². The van der Waals surface area contributed by atoms with Crippen LogP contribution in [0, 0.1) is 0 Å². The van der Waals surface area contributed by atoms with E-state index in [2.05, 4.69) is 4.98 Å². The smallest absolute Gasteiger partial charge is 0.399 e. The van der Waals surface area contributed by atoms with Gasteiger partial charge in [-0.25, -0.2) is 9.37 Å². The van der Waals surface area contributed by atoms with Crippen LogP contribution < -0.4 is 5.46 Å². The van der Waals surface area contributed by atoms with Gasteiger partial charge in [-0.2, -0.15) is 0 Å². The van der Waals surface area contributed by atoms with Crippen LogP contribution in [0.15, 0.2) is 24.5 Å². The van der Waals surface area contributed by atoms with Crippen molar-refractivity contribution in [2.45, 2.75) is 45.6 Å². The van der Waals surface area contributed by atoms with Crippen LogP contribution in [0.5, 0.6) is 0 Å². The third-order valence-corrected chi connectivity index (χ3v) is 4.20. The second-order valence-electron chi connectivity index (χ2n) is 6.18. The number of rotatable bonds is 2. The first-order valence-electron chi connectivity index (χ1n) is 6.71. The lowest BCUT2D eigenvalue weighted by Crippen LogP contribution is -2.41. The number of nitrogens with zero attached hydrogens (tertiary/aromatic N) is 2. The lowest BCUT2D eigenvalue weighted by atomic mass is 9.80. The number of pyridine rings is 1. The fourth-order valence-electron chi connectivity index (χ4n) is 2.24. The highest BCUT2D eigenvalue weighted by Gasteiger charge is 2.51. The van der Waals surface area contributed by atoms with Crippen LogP contribution in [0.4, 0.5) is 4.39 Å². The monoisotopic (exact) mass is 276 g/mol. The van der Waals surface area contributed by atoms with Crippen LogP contribution in [0.3, 0.4) is 0 Å². The van der Waals surface area contributed by atoms with Gasteiger partial charge in [-0.05, 0) is 45.3 Å². The molecule has 2 aromatic heterocycles. The molecule has 0 spiro atoms. The van der Waals surface area contributed by atoms with Gasteiger partial charge in [0.25, 0.3) is 0 Å². The zero-order chi connectivity index (χ0) is 14.5. The molecular weight excluding hydrogens is 258 g/mol. The van der Waals surface area contributed by atoms with E-state index < -0.39 is 13.8 Å². The van der Waals surface area contributed by atoms with Gasteiger partial charge in [-0.3, -0.25) is 0 Å². The number of hydrogen-bond acceptors (Lipinski definition) is 3. The molecular formula is C14H18BFN2O2. The molecule has 0 N–H and O–H groups in total. The second-order valence-corrected chi connectivity index (χ2v) is 6.18. The van der Waals surface area contributed by atoms with E-state index >= 15 is 0 Å². The van der Waals surface area contributed by atoms with E-state index in [0.717, 1.165) is 5.46 Å². The van der Waals surface area contributed by atoms with E-state index in [1.54, 1.807) is 10.6 Å². The van der Waals surface area contributed by atoms with Crippen molar-refractivity contribution in [3.05, 3.63) is 30.2 Å². The Morgan fingerprint density at radius 1 is 1.25 bits per heavy atom. The number of imidazole rings is 1. The summed E-state index contributed by atoms with van der Waals surface area (Å²) in [7, 11) is -0.421. The van der Waals surface area contributed by atoms with Crippen LogP contribution in [-0.2, 0) is 16.0 Å². The minimum atomic E-state index is -0.562. The van der Waals surface area contributed by atoms with Gasteiger partial charge in [-0.15, -0.1) is 0 Å². The third kappa shape index (κ3) is 2.03. The summed E-state index contributed by atoms with van der Waals surface area (Å²) in [6, 6.07) is 3.79. The Bertz CT molecular complexity index is 638. The summed E-state index contributed by atoms with van der Waals surface area (Å²) >= 11 is 0. The highest BCUT2D eigenvalue weighted by atomic mass is 19.1. The van der Waals surface area contributed by atoms with Gasteiger partial charge >= 0.3 is 7.12 Å². The summed E-state index contributed by atoms with van der Waals surface area (Å²) in [5, 5.41) is 0. The molecule has 0 amide bonds. The molecule has 1 aliphatic heterocycles. The number of alkyl halides is 1. The molecule has 6 heteroatoms. The van der Waals surface area contributed by atoms with Gasteiger partial charge in [0, 0.05) is 12.4 Å². The normalized spacial score (nSPS) is 20.8. The summed E-state index contributed by atoms with van der Waals surface area (Å²) in [5.74, 6) is 0. The van der Waals surface area contributed by atoms with Crippen LogP contribution in [-0.4, -0.2) is 27.7 Å². The third-order valence-electron chi connectivity index (χ3n) is 4.20. The van der Waals surface area contributed by atoms with Crippen LogP contribution >= 0.6 is 0 Å². The fraction of sp³-hybridized carbons (Fsp3) is 0.500. The van der Waals surface area contributed by atoms with Crippen molar-refractivity contribution in [2.24, 2.45) is 0 Å². The molecule has 2 aromatic rings. The van der Waals surface area contributed by atoms with Crippen molar-refractivity contribution in [3.8, 4) is 0 Å². The van der Waals surface area contributed by atoms with E-state index in [9.17, 15) is 4.39 Å². The van der Waals surface area contributed by atoms with E-state index in [0.29, 0.717) is 11.3 Å². The second kappa shape index (κ2) is 4.30. The number of aromatic nitrogens is 2. The molecule has 0 atom stereocenters. The van der Waals surface area contributed by atoms with Crippen molar-refractivity contribution in [1.82, 2.24) is 9.38 Å². The molecule has 0 bridgehead atoms. The lowest BCUT2D eigenvalue weighted by molar-refractivity contribution is 0.00578. The topological polar surface area (TPSA) is 35.8 Å². The molecule has 0 aliphatic carbocycles. The largest absolute Gasteiger partial charge is 0.495 e. The molecule has 20 heavy (non-hydrogen) atoms. The highest BCUT2D eigenvalue weighted by molar-refractivity contribution is 6.62. The van der Waals surface area contributed by atoms with Crippen LogP contribution in [0.2, 0.25) is 0 Å². The zero-order valence-electron chi connectivity index (χ0n) is 12.2. The quantitative estimate of drug-likeness (QED) is 0.788. The molecule has 0 aromatic carbocycles. The lowest BCUT2D eigenvalue weighted by Gasteiger charge is -2.32. The predicted molar refractivity (Wildman–Crippen MR) is 75.7 cm³/mol. The Kier molecular flexibility index (Phi) is 2.92. The summed E-state index contributed by atoms with van der Waals surface area (Å²) in [4.78, 5) is 4.21. The van der Waals surface area contributed by atoms with Crippen molar-refractivity contribution < 1.29 is 13.7 Å². The molecule has 3 heterocycles. The molecule has 1 fully saturated rings. The molecule has 4 nitrogen and oxygen atoms in total. The van der Waals surface area contributed by atoms with Crippen molar-refractivity contribution in [3.63, 3.8) is 0 Å². The predicted octanol–water partition coefficient (Wildman–Crippen LogP) is 2.10. The van der Waals surface area contributed by atoms with E-state index in [1.165, 1.54) is 0 Å². The minimum Gasteiger partial charge on any atom is -0.399 e. The fourth-order valence-corrected chi connectivity index (χ4v) is 2.24. The van der Waals surface area contributed by atoms with Crippen molar-refractivity contribution in [1.29, 1.82) is 0 Å². The maximum Gasteiger partial charge on any atom is 0.495 e. The zero-order valence-corrected chi connectivity index (χ0v) is 12.2. The van der Waals surface area contributed by atoms with Crippen LogP contribution in [0.25, 0.3) is 5.65 Å². The summed E-state index contributed by atoms with van der Waals surface area (Å²) in [5.41, 5.74) is 1.28. The standard InChI is InChI=1S/C14H18BFN2O2/c1-13(2)14(3,4)20-15(19-13)10-5-6-18-9-11(8-16)17-12(18)7-10/h5-7,9H,8H2,1-4H3. The van der Waals surface area contributed by atoms with Gasteiger partial charge in [0.05, 0.1) is 16.9 Å². The Balaban J connectivity index is 1.95. The van der Waals surface area contributed by atoms with Gasteiger partial charge in [-0.1, -0.05) is 0 Å². The van der Waals surface area contributed by atoms with Gasteiger partial charge in [0.1, 0.15) is 12.3 Å². The average molecular weight is 276 g/mol. The Hall–Kier alpha value is -1.40. The number of fused-ring (bicyclic) bond motifs is 1. The maximum absolute atomic E-state index is 12.6. The average Bonchev–Trinajstić information content (AvgIpc) is 2.87. The summed E-state index contributed by atoms with van der Waals surface area (Å²) < 4.78 is 26.4. The van der Waals surface area contributed by atoms with Crippen molar-refractivity contribution >= 4 is 18.2 Å². The molecule has 106 valence electrons. The maximum atomic E-state index is 12.6. The van der Waals surface area contributed by atoms with Gasteiger partial charge in [0.15, 0.2) is 0 Å². The Labute approximate surface area is 118 Å². The minimum absolute atomic E-state index is 0.372. The van der Waals surface area contributed by atoms with E-state index in [1.807, 2.05) is 46.0 Å². The SMILES string of the molecule is CC1(C)OB(c2ccn3cc(CF)nc3c2)OC1(C)C. The number of halogens is 1. The first kappa shape index (κ1) is 13.6. The molecule has 1 aliphatic rings. The highest BCUT2D eigenvalue weighted by Crippen LogP contribution is 2.36. The van der Waals surface area contributed by atoms with E-state index in [4.69, 9.17) is 9.31 Å². The van der Waals surface area contributed by atoms with Crippen molar-refractivity contribution in [2.75, 3.05) is 0 Å². The molecule has 0 saturated carbocycles. The Morgan fingerprint density at radius 3 is 2.50 bits per heavy atom. The molecule has 1 saturated heterocycles.